The molecule has 0 amide bonds. The van der Waals surface area contributed by atoms with Crippen LogP contribution in [0, 0.1) is 10.1 Å². The normalized spacial score (nSPS) is 10.9. The quantitative estimate of drug-likeness (QED) is 0.313. The average Bonchev–Trinajstić information content (AvgIpc) is 2.68. The molecule has 0 heterocycles. The van der Waals surface area contributed by atoms with Gasteiger partial charge < -0.3 is 19.7 Å². The minimum atomic E-state index is -0.426. The van der Waals surface area contributed by atoms with Crippen molar-refractivity contribution in [1.82, 2.24) is 10.2 Å². The molecule has 0 spiro atoms. The fraction of sp³-hybridized carbons (Fsp3) is 0.429. The summed E-state index contributed by atoms with van der Waals surface area (Å²) in [5, 5.41) is 14.8. The summed E-state index contributed by atoms with van der Waals surface area (Å²) in [5.74, 6) is 1.18. The largest absolute Gasteiger partial charge is 0.490 e. The number of nitrogens with one attached hydrogen (secondary N) is 1. The summed E-state index contributed by atoms with van der Waals surface area (Å²) in [6, 6.07) is 9.92. The van der Waals surface area contributed by atoms with Crippen molar-refractivity contribution in [2.45, 2.75) is 26.5 Å². The second-order valence-corrected chi connectivity index (χ2v) is 7.28. The molecule has 8 heteroatoms. The van der Waals surface area contributed by atoms with Gasteiger partial charge in [-0.25, -0.2) is 0 Å². The highest BCUT2D eigenvalue weighted by Gasteiger charge is 2.12. The van der Waals surface area contributed by atoms with Gasteiger partial charge in [0.1, 0.15) is 6.61 Å². The Morgan fingerprint density at radius 3 is 2.45 bits per heavy atom. The zero-order chi connectivity index (χ0) is 21.2. The maximum atomic E-state index is 10.8. The summed E-state index contributed by atoms with van der Waals surface area (Å²) in [7, 11) is 4.11. The predicted molar refractivity (Wildman–Crippen MR) is 115 cm³/mol. The second-order valence-electron chi connectivity index (χ2n) is 6.87. The Bertz CT molecular complexity index is 797. The van der Waals surface area contributed by atoms with E-state index >= 15 is 0 Å². The van der Waals surface area contributed by atoms with Crippen molar-refractivity contribution < 1.29 is 14.4 Å². The van der Waals surface area contributed by atoms with Gasteiger partial charge in [-0.15, -0.1) is 0 Å². The zero-order valence-electron chi connectivity index (χ0n) is 17.1. The molecular weight excluding hydrogens is 394 g/mol. The molecule has 7 nitrogen and oxygen atoms in total. The van der Waals surface area contributed by atoms with Gasteiger partial charge in [0.2, 0.25) is 0 Å². The van der Waals surface area contributed by atoms with E-state index in [2.05, 4.69) is 24.3 Å². The first-order chi connectivity index (χ1) is 13.9. The smallest absolute Gasteiger partial charge is 0.269 e. The summed E-state index contributed by atoms with van der Waals surface area (Å²) < 4.78 is 11.6. The van der Waals surface area contributed by atoms with Crippen LogP contribution in [-0.4, -0.2) is 43.6 Å². The van der Waals surface area contributed by atoms with E-state index in [4.69, 9.17) is 21.1 Å². The van der Waals surface area contributed by atoms with Gasteiger partial charge in [-0.05, 0) is 69.9 Å². The van der Waals surface area contributed by atoms with Crippen molar-refractivity contribution in [3.05, 3.63) is 62.7 Å². The first-order valence-electron chi connectivity index (χ1n) is 9.57. The molecule has 0 saturated carbocycles. The molecule has 0 aromatic heterocycles. The molecule has 0 fully saturated rings. The lowest BCUT2D eigenvalue weighted by atomic mass is 10.2. The van der Waals surface area contributed by atoms with E-state index in [0.29, 0.717) is 29.7 Å². The van der Waals surface area contributed by atoms with E-state index in [0.717, 1.165) is 30.6 Å². The first-order valence-corrected chi connectivity index (χ1v) is 9.95. The zero-order valence-corrected chi connectivity index (χ0v) is 17.9. The molecule has 2 aromatic rings. The number of nitrogens with zero attached hydrogens (tertiary/aromatic N) is 2. The molecule has 0 saturated heterocycles. The van der Waals surface area contributed by atoms with Gasteiger partial charge in [-0.1, -0.05) is 11.6 Å². The number of nitro benzene ring substituents is 1. The van der Waals surface area contributed by atoms with Crippen molar-refractivity contribution in [3.63, 3.8) is 0 Å². The van der Waals surface area contributed by atoms with Crippen molar-refractivity contribution in [2.75, 3.05) is 33.8 Å². The Labute approximate surface area is 176 Å². The molecule has 2 aromatic carbocycles. The minimum absolute atomic E-state index is 0.0502. The van der Waals surface area contributed by atoms with Crippen LogP contribution in [0.15, 0.2) is 36.4 Å². The average molecular weight is 422 g/mol. The first kappa shape index (κ1) is 22.9. The van der Waals surface area contributed by atoms with Crippen LogP contribution in [0.1, 0.15) is 24.5 Å². The van der Waals surface area contributed by atoms with Crippen LogP contribution in [0.3, 0.4) is 0 Å². The standard InChI is InChI=1S/C21H28ClN3O4/c1-4-28-20-12-17(14-23-10-5-11-24(2)3)19(22)13-21(20)29-15-16-6-8-18(9-7-16)25(26)27/h6-9,12-13,23H,4-5,10-11,14-15H2,1-3H3. The molecule has 29 heavy (non-hydrogen) atoms. The van der Waals surface area contributed by atoms with Crippen LogP contribution in [-0.2, 0) is 13.2 Å². The van der Waals surface area contributed by atoms with Crippen LogP contribution in [0.4, 0.5) is 5.69 Å². The van der Waals surface area contributed by atoms with Gasteiger partial charge in [-0.3, -0.25) is 10.1 Å². The molecule has 0 atom stereocenters. The second kappa shape index (κ2) is 11.6. The molecule has 0 radical (unpaired) electrons. The highest BCUT2D eigenvalue weighted by molar-refractivity contribution is 6.31. The number of non-ortho nitro benzene ring substituents is 1. The van der Waals surface area contributed by atoms with Crippen molar-refractivity contribution in [1.29, 1.82) is 0 Å². The van der Waals surface area contributed by atoms with Crippen LogP contribution >= 0.6 is 11.6 Å². The molecule has 0 bridgehead atoms. The van der Waals surface area contributed by atoms with E-state index in [1.807, 2.05) is 13.0 Å². The third-order valence-corrected chi connectivity index (χ3v) is 4.58. The molecule has 2 rings (SSSR count). The van der Waals surface area contributed by atoms with Crippen molar-refractivity contribution >= 4 is 17.3 Å². The summed E-state index contributed by atoms with van der Waals surface area (Å²) in [5.41, 5.74) is 1.82. The van der Waals surface area contributed by atoms with Gasteiger partial charge in [0.15, 0.2) is 11.5 Å². The lowest BCUT2D eigenvalue weighted by molar-refractivity contribution is -0.384. The monoisotopic (exact) mass is 421 g/mol. The van der Waals surface area contributed by atoms with Gasteiger partial charge >= 0.3 is 0 Å². The summed E-state index contributed by atoms with van der Waals surface area (Å²) in [6.07, 6.45) is 1.05. The van der Waals surface area contributed by atoms with Gasteiger partial charge in [-0.2, -0.15) is 0 Å². The lowest BCUT2D eigenvalue weighted by Crippen LogP contribution is -2.21. The van der Waals surface area contributed by atoms with Crippen LogP contribution in [0.25, 0.3) is 0 Å². The molecule has 0 aliphatic rings. The Morgan fingerprint density at radius 2 is 1.83 bits per heavy atom. The summed E-state index contributed by atoms with van der Waals surface area (Å²) in [4.78, 5) is 12.5. The molecule has 158 valence electrons. The van der Waals surface area contributed by atoms with E-state index in [9.17, 15) is 10.1 Å². The molecule has 0 aliphatic carbocycles. The lowest BCUT2D eigenvalue weighted by Gasteiger charge is -2.16. The minimum Gasteiger partial charge on any atom is -0.490 e. The third-order valence-electron chi connectivity index (χ3n) is 4.23. The number of hydrogen-bond donors (Lipinski definition) is 1. The number of benzene rings is 2. The Kier molecular flexibility index (Phi) is 9.18. The fourth-order valence-electron chi connectivity index (χ4n) is 2.71. The Balaban J connectivity index is 2.01. The Hall–Kier alpha value is -2.35. The van der Waals surface area contributed by atoms with Gasteiger partial charge in [0.05, 0.1) is 11.5 Å². The highest BCUT2D eigenvalue weighted by Crippen LogP contribution is 2.34. The van der Waals surface area contributed by atoms with Gasteiger partial charge in [0.25, 0.3) is 5.69 Å². The third kappa shape index (κ3) is 7.53. The molecule has 0 aliphatic heterocycles. The Morgan fingerprint density at radius 1 is 1.14 bits per heavy atom. The number of ether oxygens (including phenoxy) is 2. The number of rotatable bonds is 12. The van der Waals surface area contributed by atoms with E-state index in [1.54, 1.807) is 18.2 Å². The maximum Gasteiger partial charge on any atom is 0.269 e. The fourth-order valence-corrected chi connectivity index (χ4v) is 2.93. The van der Waals surface area contributed by atoms with E-state index in [-0.39, 0.29) is 12.3 Å². The molecule has 1 N–H and O–H groups in total. The highest BCUT2D eigenvalue weighted by atomic mass is 35.5. The summed E-state index contributed by atoms with van der Waals surface area (Å²) >= 11 is 6.44. The molecular formula is C21H28ClN3O4. The van der Waals surface area contributed by atoms with E-state index in [1.165, 1.54) is 12.1 Å². The predicted octanol–water partition coefficient (Wildman–Crippen LogP) is 4.27. The van der Waals surface area contributed by atoms with Crippen LogP contribution in [0.5, 0.6) is 11.5 Å². The number of hydrogen-bond acceptors (Lipinski definition) is 6. The maximum absolute atomic E-state index is 10.8. The van der Waals surface area contributed by atoms with Gasteiger partial charge in [0, 0.05) is 29.8 Å². The van der Waals surface area contributed by atoms with Crippen LogP contribution in [0.2, 0.25) is 5.02 Å². The molecule has 0 unspecified atom stereocenters. The summed E-state index contributed by atoms with van der Waals surface area (Å²) in [6.45, 7) is 5.25. The van der Waals surface area contributed by atoms with Crippen LogP contribution < -0.4 is 14.8 Å². The topological polar surface area (TPSA) is 76.9 Å². The number of halogens is 1. The van der Waals surface area contributed by atoms with E-state index < -0.39 is 4.92 Å². The van der Waals surface area contributed by atoms with Crippen molar-refractivity contribution in [2.24, 2.45) is 0 Å². The number of nitro groups is 1. The van der Waals surface area contributed by atoms with Crippen molar-refractivity contribution in [3.8, 4) is 11.5 Å². The SMILES string of the molecule is CCOc1cc(CNCCCN(C)C)c(Cl)cc1OCc1ccc([N+](=O)[O-])cc1.